The van der Waals surface area contributed by atoms with E-state index >= 15 is 0 Å². The second-order valence-electron chi connectivity index (χ2n) is 7.01. The smallest absolute Gasteiger partial charge is 0.336 e. The van der Waals surface area contributed by atoms with Gasteiger partial charge in [-0.05, 0) is 49.6 Å². The van der Waals surface area contributed by atoms with Gasteiger partial charge in [0.25, 0.3) is 0 Å². The summed E-state index contributed by atoms with van der Waals surface area (Å²) in [6, 6.07) is 9.83. The molecule has 4 rings (SSSR count). The molecule has 2 aromatic carbocycles. The standard InChI is InChI=1S/C21H19ClFNO3/c1-12-19(25)8-7-15-13(9-20(26)27-21(12)15)10-24(14-5-6-14)11-16-17(22)3-2-4-18(16)23/h2-4,7-9,14,25H,5-6,10-11H2,1H3. The van der Waals surface area contributed by atoms with E-state index in [1.54, 1.807) is 31.2 Å². The maximum absolute atomic E-state index is 14.2. The van der Waals surface area contributed by atoms with Crippen LogP contribution in [-0.2, 0) is 13.1 Å². The molecule has 1 aromatic heterocycles. The van der Waals surface area contributed by atoms with Gasteiger partial charge in [-0.15, -0.1) is 0 Å². The minimum atomic E-state index is -0.467. The van der Waals surface area contributed by atoms with Gasteiger partial charge in [0.1, 0.15) is 17.1 Å². The fourth-order valence-electron chi connectivity index (χ4n) is 3.41. The minimum Gasteiger partial charge on any atom is -0.508 e. The Morgan fingerprint density at radius 3 is 2.74 bits per heavy atom. The molecule has 6 heteroatoms. The molecule has 27 heavy (non-hydrogen) atoms. The zero-order chi connectivity index (χ0) is 19.1. The number of benzene rings is 2. The first-order chi connectivity index (χ1) is 12.9. The molecule has 1 aliphatic rings. The zero-order valence-electron chi connectivity index (χ0n) is 14.8. The van der Waals surface area contributed by atoms with Gasteiger partial charge in [-0.25, -0.2) is 9.18 Å². The molecule has 1 fully saturated rings. The highest BCUT2D eigenvalue weighted by molar-refractivity contribution is 6.31. The molecular weight excluding hydrogens is 369 g/mol. The molecule has 0 bridgehead atoms. The Kier molecular flexibility index (Phi) is 4.66. The van der Waals surface area contributed by atoms with E-state index < -0.39 is 5.63 Å². The van der Waals surface area contributed by atoms with Gasteiger partial charge >= 0.3 is 5.63 Å². The largest absolute Gasteiger partial charge is 0.508 e. The molecule has 1 aliphatic carbocycles. The number of aryl methyl sites for hydroxylation is 1. The molecule has 140 valence electrons. The summed E-state index contributed by atoms with van der Waals surface area (Å²) in [6.07, 6.45) is 2.07. The molecule has 3 aromatic rings. The van der Waals surface area contributed by atoms with E-state index in [0.29, 0.717) is 40.9 Å². The van der Waals surface area contributed by atoms with Gasteiger partial charge in [-0.3, -0.25) is 4.90 Å². The topological polar surface area (TPSA) is 53.7 Å². The lowest BCUT2D eigenvalue weighted by atomic mass is 10.1. The van der Waals surface area contributed by atoms with Crippen molar-refractivity contribution in [1.82, 2.24) is 4.90 Å². The normalized spacial score (nSPS) is 14.2. The van der Waals surface area contributed by atoms with Crippen molar-refractivity contribution >= 4 is 22.6 Å². The average Bonchev–Trinajstić information content (AvgIpc) is 3.46. The summed E-state index contributed by atoms with van der Waals surface area (Å²) in [5.41, 5.74) is 1.71. The third-order valence-electron chi connectivity index (χ3n) is 5.08. The Balaban J connectivity index is 1.73. The lowest BCUT2D eigenvalue weighted by Crippen LogP contribution is -2.26. The molecular formula is C21H19ClFNO3. The van der Waals surface area contributed by atoms with Crippen molar-refractivity contribution in [3.63, 3.8) is 0 Å². The van der Waals surface area contributed by atoms with E-state index in [0.717, 1.165) is 23.8 Å². The highest BCUT2D eigenvalue weighted by Crippen LogP contribution is 2.34. The molecule has 1 saturated carbocycles. The molecule has 4 nitrogen and oxygen atoms in total. The lowest BCUT2D eigenvalue weighted by Gasteiger charge is -2.23. The third-order valence-corrected chi connectivity index (χ3v) is 5.43. The lowest BCUT2D eigenvalue weighted by molar-refractivity contribution is 0.243. The summed E-state index contributed by atoms with van der Waals surface area (Å²) in [6.45, 7) is 2.55. The highest BCUT2D eigenvalue weighted by atomic mass is 35.5. The van der Waals surface area contributed by atoms with E-state index in [1.807, 2.05) is 0 Å². The monoisotopic (exact) mass is 387 g/mol. The maximum Gasteiger partial charge on any atom is 0.336 e. The van der Waals surface area contributed by atoms with Gasteiger partial charge in [0.2, 0.25) is 0 Å². The van der Waals surface area contributed by atoms with Gasteiger partial charge < -0.3 is 9.52 Å². The van der Waals surface area contributed by atoms with E-state index in [2.05, 4.69) is 4.90 Å². The van der Waals surface area contributed by atoms with E-state index in [4.69, 9.17) is 16.0 Å². The molecule has 0 amide bonds. The maximum atomic E-state index is 14.2. The minimum absolute atomic E-state index is 0.0833. The summed E-state index contributed by atoms with van der Waals surface area (Å²) in [7, 11) is 0. The van der Waals surface area contributed by atoms with Gasteiger partial charge in [-0.2, -0.15) is 0 Å². The van der Waals surface area contributed by atoms with Crippen LogP contribution >= 0.6 is 11.6 Å². The highest BCUT2D eigenvalue weighted by Gasteiger charge is 2.30. The number of nitrogens with zero attached hydrogens (tertiary/aromatic N) is 1. The molecule has 0 atom stereocenters. The summed E-state index contributed by atoms with van der Waals surface area (Å²) < 4.78 is 19.6. The predicted octanol–water partition coefficient (Wildman–Crippen LogP) is 4.76. The number of aromatic hydroxyl groups is 1. The van der Waals surface area contributed by atoms with Crippen LogP contribution in [0.4, 0.5) is 4.39 Å². The van der Waals surface area contributed by atoms with E-state index in [1.165, 1.54) is 12.1 Å². The van der Waals surface area contributed by atoms with Crippen molar-refractivity contribution in [2.24, 2.45) is 0 Å². The molecule has 0 saturated heterocycles. The van der Waals surface area contributed by atoms with Gasteiger partial charge in [0.15, 0.2) is 0 Å². The van der Waals surface area contributed by atoms with Crippen LogP contribution < -0.4 is 5.63 Å². The van der Waals surface area contributed by atoms with Gasteiger partial charge in [0.05, 0.1) is 0 Å². The molecule has 1 heterocycles. The van der Waals surface area contributed by atoms with Gasteiger partial charge in [0, 0.05) is 46.7 Å². The van der Waals surface area contributed by atoms with Crippen LogP contribution in [0.15, 0.2) is 45.6 Å². The Labute approximate surface area is 160 Å². The number of phenolic OH excluding ortho intramolecular Hbond substituents is 1. The first-order valence-electron chi connectivity index (χ1n) is 8.86. The Hall–Kier alpha value is -2.37. The van der Waals surface area contributed by atoms with Crippen LogP contribution in [0.25, 0.3) is 11.0 Å². The Morgan fingerprint density at radius 2 is 2.04 bits per heavy atom. The summed E-state index contributed by atoms with van der Waals surface area (Å²) in [5.74, 6) is -0.244. The number of hydrogen-bond donors (Lipinski definition) is 1. The SMILES string of the molecule is Cc1c(O)ccc2c(CN(Cc3c(F)cccc3Cl)C3CC3)cc(=O)oc12. The van der Waals surface area contributed by atoms with Crippen LogP contribution in [0.5, 0.6) is 5.75 Å². The summed E-state index contributed by atoms with van der Waals surface area (Å²) in [4.78, 5) is 14.2. The van der Waals surface area contributed by atoms with Crippen LogP contribution in [0, 0.1) is 12.7 Å². The second-order valence-corrected chi connectivity index (χ2v) is 7.42. The quantitative estimate of drug-likeness (QED) is 0.641. The van der Waals surface area contributed by atoms with Gasteiger partial charge in [-0.1, -0.05) is 17.7 Å². The number of phenols is 1. The summed E-state index contributed by atoms with van der Waals surface area (Å²) >= 11 is 6.20. The van der Waals surface area contributed by atoms with Crippen molar-refractivity contribution in [2.75, 3.05) is 0 Å². The molecule has 0 radical (unpaired) electrons. The van der Waals surface area contributed by atoms with E-state index in [-0.39, 0.29) is 11.6 Å². The molecule has 0 aliphatic heterocycles. The first kappa shape index (κ1) is 18.0. The number of halogens is 2. The Bertz CT molecular complexity index is 1050. The van der Waals surface area contributed by atoms with Crippen molar-refractivity contribution in [2.45, 2.75) is 38.9 Å². The van der Waals surface area contributed by atoms with Crippen molar-refractivity contribution < 1.29 is 13.9 Å². The summed E-state index contributed by atoms with van der Waals surface area (Å²) in [5, 5.41) is 11.1. The van der Waals surface area contributed by atoms with Crippen molar-refractivity contribution in [3.05, 3.63) is 74.3 Å². The number of fused-ring (bicyclic) bond motifs is 1. The fourth-order valence-corrected chi connectivity index (χ4v) is 3.63. The predicted molar refractivity (Wildman–Crippen MR) is 103 cm³/mol. The Morgan fingerprint density at radius 1 is 1.26 bits per heavy atom. The van der Waals surface area contributed by atoms with Crippen LogP contribution in [0.2, 0.25) is 5.02 Å². The average molecular weight is 388 g/mol. The van der Waals surface area contributed by atoms with Crippen molar-refractivity contribution in [3.8, 4) is 5.75 Å². The molecule has 1 N–H and O–H groups in total. The van der Waals surface area contributed by atoms with E-state index in [9.17, 15) is 14.3 Å². The zero-order valence-corrected chi connectivity index (χ0v) is 15.6. The number of rotatable bonds is 5. The van der Waals surface area contributed by atoms with Crippen LogP contribution in [0.3, 0.4) is 0 Å². The van der Waals surface area contributed by atoms with Crippen LogP contribution in [0.1, 0.15) is 29.5 Å². The third kappa shape index (κ3) is 3.57. The second kappa shape index (κ2) is 6.98. The molecule has 0 unspecified atom stereocenters. The first-order valence-corrected chi connectivity index (χ1v) is 9.24. The van der Waals surface area contributed by atoms with Crippen LogP contribution in [-0.4, -0.2) is 16.0 Å². The van der Waals surface area contributed by atoms with Crippen molar-refractivity contribution in [1.29, 1.82) is 0 Å². The molecule has 0 spiro atoms. The number of hydrogen-bond acceptors (Lipinski definition) is 4. The fraction of sp³-hybridized carbons (Fsp3) is 0.286.